The average molecular weight is 172 g/mol. The fourth-order valence-corrected chi connectivity index (χ4v) is 1.44. The van der Waals surface area contributed by atoms with E-state index in [9.17, 15) is 0 Å². The van der Waals surface area contributed by atoms with Gasteiger partial charge in [0.05, 0.1) is 11.6 Å². The molecule has 1 aromatic rings. The Bertz CT molecular complexity index is 341. The molecule has 0 saturated heterocycles. The van der Waals surface area contributed by atoms with Crippen molar-refractivity contribution in [3.63, 3.8) is 0 Å². The lowest BCUT2D eigenvalue weighted by Gasteiger charge is -2.07. The van der Waals surface area contributed by atoms with Gasteiger partial charge in [0, 0.05) is 5.54 Å². The van der Waals surface area contributed by atoms with Crippen molar-refractivity contribution in [3.8, 4) is 6.07 Å². The summed E-state index contributed by atoms with van der Waals surface area (Å²) in [5.41, 5.74) is 8.00. The summed E-state index contributed by atoms with van der Waals surface area (Å²) in [4.78, 5) is 0. The molecule has 2 rings (SSSR count). The molecule has 1 aromatic carbocycles. The van der Waals surface area contributed by atoms with Crippen LogP contribution < -0.4 is 5.73 Å². The summed E-state index contributed by atoms with van der Waals surface area (Å²) in [6.07, 6.45) is 3.21. The van der Waals surface area contributed by atoms with Gasteiger partial charge in [0.25, 0.3) is 0 Å². The van der Waals surface area contributed by atoms with Gasteiger partial charge < -0.3 is 5.73 Å². The van der Waals surface area contributed by atoms with Crippen molar-refractivity contribution in [3.05, 3.63) is 35.4 Å². The van der Waals surface area contributed by atoms with Crippen LogP contribution in [0.1, 0.15) is 24.0 Å². The second-order valence-electron chi connectivity index (χ2n) is 3.85. The zero-order chi connectivity index (χ0) is 9.31. The van der Waals surface area contributed by atoms with Gasteiger partial charge in [-0.2, -0.15) is 5.26 Å². The molecule has 0 radical (unpaired) electrons. The van der Waals surface area contributed by atoms with E-state index in [1.807, 2.05) is 24.3 Å². The van der Waals surface area contributed by atoms with E-state index in [0.717, 1.165) is 19.3 Å². The molecular weight excluding hydrogens is 160 g/mol. The SMILES string of the molecule is N#Cc1ccc(CC2(N)CC2)cc1. The van der Waals surface area contributed by atoms with Crippen molar-refractivity contribution in [2.24, 2.45) is 5.73 Å². The second-order valence-corrected chi connectivity index (χ2v) is 3.85. The molecule has 1 fully saturated rings. The normalized spacial score (nSPS) is 17.8. The Morgan fingerprint density at radius 3 is 2.38 bits per heavy atom. The van der Waals surface area contributed by atoms with Gasteiger partial charge in [-0.05, 0) is 37.0 Å². The Morgan fingerprint density at radius 1 is 1.31 bits per heavy atom. The third-order valence-corrected chi connectivity index (χ3v) is 2.53. The maximum Gasteiger partial charge on any atom is 0.0991 e. The van der Waals surface area contributed by atoms with Gasteiger partial charge in [0.2, 0.25) is 0 Å². The Balaban J connectivity index is 2.10. The van der Waals surface area contributed by atoms with Gasteiger partial charge in [-0.25, -0.2) is 0 Å². The lowest BCUT2D eigenvalue weighted by molar-refractivity contribution is 0.672. The lowest BCUT2D eigenvalue weighted by Crippen LogP contribution is -2.24. The first-order valence-electron chi connectivity index (χ1n) is 4.50. The van der Waals surface area contributed by atoms with Crippen LogP contribution in [0.3, 0.4) is 0 Å². The number of nitriles is 1. The molecule has 1 aliphatic rings. The van der Waals surface area contributed by atoms with Crippen LogP contribution in [0.2, 0.25) is 0 Å². The summed E-state index contributed by atoms with van der Waals surface area (Å²) < 4.78 is 0. The fraction of sp³-hybridized carbons (Fsp3) is 0.364. The predicted octanol–water partition coefficient (Wildman–Crippen LogP) is 1.59. The van der Waals surface area contributed by atoms with Crippen molar-refractivity contribution >= 4 is 0 Å². The zero-order valence-corrected chi connectivity index (χ0v) is 7.46. The number of hydrogen-bond acceptors (Lipinski definition) is 2. The van der Waals surface area contributed by atoms with E-state index in [4.69, 9.17) is 11.0 Å². The summed E-state index contributed by atoms with van der Waals surface area (Å²) in [6.45, 7) is 0. The highest BCUT2D eigenvalue weighted by Crippen LogP contribution is 2.35. The van der Waals surface area contributed by atoms with Gasteiger partial charge in [-0.1, -0.05) is 12.1 Å². The molecule has 1 aliphatic carbocycles. The van der Waals surface area contributed by atoms with Gasteiger partial charge in [-0.15, -0.1) is 0 Å². The molecule has 0 bridgehead atoms. The van der Waals surface area contributed by atoms with E-state index < -0.39 is 0 Å². The molecule has 13 heavy (non-hydrogen) atoms. The van der Waals surface area contributed by atoms with Crippen molar-refractivity contribution < 1.29 is 0 Å². The minimum absolute atomic E-state index is 0.0637. The van der Waals surface area contributed by atoms with Gasteiger partial charge in [0.1, 0.15) is 0 Å². The highest BCUT2D eigenvalue weighted by Gasteiger charge is 2.37. The van der Waals surface area contributed by atoms with Crippen molar-refractivity contribution in [1.29, 1.82) is 5.26 Å². The largest absolute Gasteiger partial charge is 0.325 e. The van der Waals surface area contributed by atoms with E-state index in [2.05, 4.69) is 6.07 Å². The monoisotopic (exact) mass is 172 g/mol. The molecule has 0 atom stereocenters. The summed E-state index contributed by atoms with van der Waals surface area (Å²) in [5.74, 6) is 0. The summed E-state index contributed by atoms with van der Waals surface area (Å²) in [6, 6.07) is 9.78. The molecule has 0 aliphatic heterocycles. The number of benzene rings is 1. The first-order chi connectivity index (χ1) is 6.22. The Kier molecular flexibility index (Phi) is 1.82. The van der Waals surface area contributed by atoms with Crippen LogP contribution in [-0.2, 0) is 6.42 Å². The minimum atomic E-state index is 0.0637. The number of hydrogen-bond donors (Lipinski definition) is 1. The van der Waals surface area contributed by atoms with E-state index in [1.54, 1.807) is 0 Å². The highest BCUT2D eigenvalue weighted by molar-refractivity contribution is 5.32. The maximum atomic E-state index is 8.60. The molecule has 0 unspecified atom stereocenters. The summed E-state index contributed by atoms with van der Waals surface area (Å²) in [7, 11) is 0. The molecule has 0 aromatic heterocycles. The van der Waals surface area contributed by atoms with E-state index in [-0.39, 0.29) is 5.54 Å². The minimum Gasteiger partial charge on any atom is -0.325 e. The lowest BCUT2D eigenvalue weighted by atomic mass is 10.0. The van der Waals surface area contributed by atoms with Crippen LogP contribution in [0.25, 0.3) is 0 Å². The van der Waals surface area contributed by atoms with Crippen LogP contribution in [0.4, 0.5) is 0 Å². The van der Waals surface area contributed by atoms with Crippen LogP contribution >= 0.6 is 0 Å². The van der Waals surface area contributed by atoms with E-state index >= 15 is 0 Å². The molecule has 0 spiro atoms. The maximum absolute atomic E-state index is 8.60. The first kappa shape index (κ1) is 8.28. The van der Waals surface area contributed by atoms with Crippen molar-refractivity contribution in [1.82, 2.24) is 0 Å². The average Bonchev–Trinajstić information content (AvgIpc) is 2.85. The standard InChI is InChI=1S/C11H12N2/c12-8-10-3-1-9(2-4-10)7-11(13)5-6-11/h1-4H,5-7,13H2. The quantitative estimate of drug-likeness (QED) is 0.736. The Hall–Kier alpha value is -1.33. The number of nitrogens with two attached hydrogens (primary N) is 1. The van der Waals surface area contributed by atoms with Crippen LogP contribution in [0.5, 0.6) is 0 Å². The molecule has 2 heteroatoms. The number of rotatable bonds is 2. The fourth-order valence-electron chi connectivity index (χ4n) is 1.44. The summed E-state index contributed by atoms with van der Waals surface area (Å²) in [5, 5.41) is 8.60. The zero-order valence-electron chi connectivity index (χ0n) is 7.46. The third-order valence-electron chi connectivity index (χ3n) is 2.53. The predicted molar refractivity (Wildman–Crippen MR) is 51.0 cm³/mol. The highest BCUT2D eigenvalue weighted by atomic mass is 14.8. The smallest absolute Gasteiger partial charge is 0.0991 e. The van der Waals surface area contributed by atoms with E-state index in [0.29, 0.717) is 5.56 Å². The van der Waals surface area contributed by atoms with Crippen molar-refractivity contribution in [2.75, 3.05) is 0 Å². The molecule has 2 N–H and O–H groups in total. The summed E-state index contributed by atoms with van der Waals surface area (Å²) >= 11 is 0. The van der Waals surface area contributed by atoms with Crippen LogP contribution in [-0.4, -0.2) is 5.54 Å². The van der Waals surface area contributed by atoms with Crippen LogP contribution in [0, 0.1) is 11.3 Å². The van der Waals surface area contributed by atoms with Crippen LogP contribution in [0.15, 0.2) is 24.3 Å². The second kappa shape index (κ2) is 2.86. The Labute approximate surface area is 78.0 Å². The first-order valence-corrected chi connectivity index (χ1v) is 4.50. The topological polar surface area (TPSA) is 49.8 Å². The van der Waals surface area contributed by atoms with Crippen molar-refractivity contribution in [2.45, 2.75) is 24.8 Å². The molecule has 0 heterocycles. The molecule has 66 valence electrons. The molecular formula is C11H12N2. The number of nitrogens with zero attached hydrogens (tertiary/aromatic N) is 1. The van der Waals surface area contributed by atoms with E-state index in [1.165, 1.54) is 5.56 Å². The molecule has 2 nitrogen and oxygen atoms in total. The molecule has 1 saturated carbocycles. The van der Waals surface area contributed by atoms with Gasteiger partial charge >= 0.3 is 0 Å². The third kappa shape index (κ3) is 1.88. The van der Waals surface area contributed by atoms with Gasteiger partial charge in [-0.3, -0.25) is 0 Å². The Morgan fingerprint density at radius 2 is 1.92 bits per heavy atom. The molecule has 0 amide bonds. The van der Waals surface area contributed by atoms with Gasteiger partial charge in [0.15, 0.2) is 0 Å².